The third-order valence-electron chi connectivity index (χ3n) is 4.83. The maximum absolute atomic E-state index is 12.6. The molecule has 0 aromatic heterocycles. The maximum Gasteiger partial charge on any atom is 0.391 e. The number of carbonyl (C=O) groups is 2. The monoisotopic (exact) mass is 355 g/mol. The summed E-state index contributed by atoms with van der Waals surface area (Å²) in [5, 5.41) is 2.77. The van der Waals surface area contributed by atoms with Gasteiger partial charge in [0.15, 0.2) is 5.78 Å². The molecule has 0 radical (unpaired) electrons. The van der Waals surface area contributed by atoms with Gasteiger partial charge in [0.05, 0.1) is 5.92 Å². The number of nitrogens with one attached hydrogen (secondary N) is 1. The lowest BCUT2D eigenvalue weighted by atomic mass is 9.85. The van der Waals surface area contributed by atoms with E-state index >= 15 is 0 Å². The zero-order chi connectivity index (χ0) is 18.6. The van der Waals surface area contributed by atoms with Crippen molar-refractivity contribution in [3.8, 4) is 0 Å². The van der Waals surface area contributed by atoms with Crippen LogP contribution in [0.5, 0.6) is 0 Å². The zero-order valence-corrected chi connectivity index (χ0v) is 14.6. The number of amides is 1. The van der Waals surface area contributed by atoms with Gasteiger partial charge in [0, 0.05) is 24.4 Å². The highest BCUT2D eigenvalue weighted by Crippen LogP contribution is 2.37. The van der Waals surface area contributed by atoms with E-state index in [2.05, 4.69) is 5.32 Å². The van der Waals surface area contributed by atoms with Crippen molar-refractivity contribution in [2.75, 3.05) is 0 Å². The maximum atomic E-state index is 12.6. The summed E-state index contributed by atoms with van der Waals surface area (Å²) in [6, 6.07) is 5.40. The largest absolute Gasteiger partial charge is 0.391 e. The second-order valence-electron chi connectivity index (χ2n) is 6.90. The van der Waals surface area contributed by atoms with Gasteiger partial charge in [0.1, 0.15) is 0 Å². The van der Waals surface area contributed by atoms with E-state index < -0.39 is 12.1 Å². The highest BCUT2D eigenvalue weighted by molar-refractivity contribution is 5.99. The molecule has 1 amide bonds. The van der Waals surface area contributed by atoms with Crippen LogP contribution >= 0.6 is 0 Å². The Labute approximate surface area is 146 Å². The van der Waals surface area contributed by atoms with Gasteiger partial charge in [-0.05, 0) is 51.2 Å². The zero-order valence-electron chi connectivity index (χ0n) is 14.6. The molecule has 1 saturated carbocycles. The lowest BCUT2D eigenvalue weighted by Crippen LogP contribution is -2.40. The quantitative estimate of drug-likeness (QED) is 0.790. The molecule has 138 valence electrons. The number of alkyl halides is 3. The van der Waals surface area contributed by atoms with E-state index in [1.165, 1.54) is 0 Å². The van der Waals surface area contributed by atoms with Crippen molar-refractivity contribution in [2.24, 2.45) is 5.92 Å². The molecule has 0 atom stereocenters. The molecule has 1 aliphatic carbocycles. The molecule has 0 heterocycles. The molecule has 2 rings (SSSR count). The summed E-state index contributed by atoms with van der Waals surface area (Å²) in [5.74, 6) is -1.61. The second-order valence-corrected chi connectivity index (χ2v) is 6.90. The van der Waals surface area contributed by atoms with Gasteiger partial charge in [-0.2, -0.15) is 13.2 Å². The standard InChI is InChI=1S/C19H24F3NO2/c1-12-3-4-13(2)16(11-12)17(24)9-10-18(25)23-15-7-5-14(6-8-15)19(20,21)22/h3-4,11,14-15H,5-10H2,1-2H3,(H,23,25). The molecule has 25 heavy (non-hydrogen) atoms. The van der Waals surface area contributed by atoms with Crippen molar-refractivity contribution in [1.29, 1.82) is 0 Å². The van der Waals surface area contributed by atoms with Crippen LogP contribution in [0.2, 0.25) is 0 Å². The van der Waals surface area contributed by atoms with Crippen molar-refractivity contribution >= 4 is 11.7 Å². The summed E-state index contributed by atoms with van der Waals surface area (Å²) >= 11 is 0. The lowest BCUT2D eigenvalue weighted by Gasteiger charge is -2.30. The number of ketones is 1. The fourth-order valence-corrected chi connectivity index (χ4v) is 3.26. The molecule has 1 fully saturated rings. The number of carbonyl (C=O) groups excluding carboxylic acids is 2. The van der Waals surface area contributed by atoms with Crippen LogP contribution < -0.4 is 5.32 Å². The van der Waals surface area contributed by atoms with E-state index in [4.69, 9.17) is 0 Å². The smallest absolute Gasteiger partial charge is 0.353 e. The summed E-state index contributed by atoms with van der Waals surface area (Å²) in [4.78, 5) is 24.3. The predicted molar refractivity (Wildman–Crippen MR) is 89.4 cm³/mol. The Morgan fingerprint density at radius 1 is 1.08 bits per heavy atom. The molecule has 0 saturated heterocycles. The molecule has 0 aliphatic heterocycles. The molecule has 0 bridgehead atoms. The predicted octanol–water partition coefficient (Wildman–Crippen LogP) is 4.50. The molecular formula is C19H24F3NO2. The number of rotatable bonds is 5. The number of hydrogen-bond donors (Lipinski definition) is 1. The number of aryl methyl sites for hydroxylation is 2. The summed E-state index contributed by atoms with van der Waals surface area (Å²) in [7, 11) is 0. The van der Waals surface area contributed by atoms with Gasteiger partial charge < -0.3 is 5.32 Å². The van der Waals surface area contributed by atoms with Crippen molar-refractivity contribution < 1.29 is 22.8 Å². The first-order valence-corrected chi connectivity index (χ1v) is 8.63. The van der Waals surface area contributed by atoms with E-state index in [1.807, 2.05) is 32.0 Å². The van der Waals surface area contributed by atoms with Crippen LogP contribution in [0.4, 0.5) is 13.2 Å². The van der Waals surface area contributed by atoms with Crippen LogP contribution in [-0.2, 0) is 4.79 Å². The topological polar surface area (TPSA) is 46.2 Å². The summed E-state index contributed by atoms with van der Waals surface area (Å²) in [6.45, 7) is 3.76. The van der Waals surface area contributed by atoms with Crippen LogP contribution in [0.15, 0.2) is 18.2 Å². The SMILES string of the molecule is Cc1ccc(C)c(C(=O)CCC(=O)NC2CCC(C(F)(F)F)CC2)c1. The van der Waals surface area contributed by atoms with Crippen LogP contribution in [0.25, 0.3) is 0 Å². The minimum atomic E-state index is -4.15. The minimum absolute atomic E-state index is 0.0515. The Kier molecular flexibility index (Phi) is 6.25. The Hall–Kier alpha value is -1.85. The highest BCUT2D eigenvalue weighted by atomic mass is 19.4. The van der Waals surface area contributed by atoms with Crippen molar-refractivity contribution in [1.82, 2.24) is 5.32 Å². The van der Waals surface area contributed by atoms with Gasteiger partial charge in [0.25, 0.3) is 0 Å². The van der Waals surface area contributed by atoms with Gasteiger partial charge in [-0.3, -0.25) is 9.59 Å². The second kappa shape index (κ2) is 8.02. The van der Waals surface area contributed by atoms with Gasteiger partial charge in [-0.15, -0.1) is 0 Å². The van der Waals surface area contributed by atoms with Crippen molar-refractivity contribution in [3.05, 3.63) is 34.9 Å². The van der Waals surface area contributed by atoms with Crippen LogP contribution in [0.1, 0.15) is 60.0 Å². The minimum Gasteiger partial charge on any atom is -0.353 e. The Balaban J connectivity index is 1.78. The van der Waals surface area contributed by atoms with Crippen LogP contribution in [-0.4, -0.2) is 23.9 Å². The highest BCUT2D eigenvalue weighted by Gasteiger charge is 2.41. The fourth-order valence-electron chi connectivity index (χ4n) is 3.26. The third-order valence-corrected chi connectivity index (χ3v) is 4.83. The van der Waals surface area contributed by atoms with Crippen molar-refractivity contribution in [3.63, 3.8) is 0 Å². The Morgan fingerprint density at radius 3 is 2.32 bits per heavy atom. The first-order valence-electron chi connectivity index (χ1n) is 8.63. The van der Waals surface area contributed by atoms with E-state index in [1.54, 1.807) is 0 Å². The van der Waals surface area contributed by atoms with E-state index in [-0.39, 0.29) is 43.4 Å². The molecule has 1 N–H and O–H groups in total. The molecule has 1 aliphatic rings. The molecule has 0 spiro atoms. The normalized spacial score (nSPS) is 21.0. The summed E-state index contributed by atoms with van der Waals surface area (Å²) < 4.78 is 37.9. The third kappa shape index (κ3) is 5.58. The van der Waals surface area contributed by atoms with E-state index in [0.717, 1.165) is 11.1 Å². The van der Waals surface area contributed by atoms with E-state index in [9.17, 15) is 22.8 Å². The van der Waals surface area contributed by atoms with Gasteiger partial charge in [-0.25, -0.2) is 0 Å². The Bertz CT molecular complexity index is 632. The first kappa shape index (κ1) is 19.5. The Morgan fingerprint density at radius 2 is 1.72 bits per heavy atom. The molecule has 1 aromatic rings. The average Bonchev–Trinajstić information content (AvgIpc) is 2.54. The van der Waals surface area contributed by atoms with Gasteiger partial charge in [0.2, 0.25) is 5.91 Å². The molecule has 1 aromatic carbocycles. The first-order chi connectivity index (χ1) is 11.7. The summed E-state index contributed by atoms with van der Waals surface area (Å²) in [6.07, 6.45) is -3.21. The average molecular weight is 355 g/mol. The molecule has 3 nitrogen and oxygen atoms in total. The molecular weight excluding hydrogens is 331 g/mol. The number of Topliss-reactive ketones (excluding diaryl/α,β-unsaturated/α-hetero) is 1. The summed E-state index contributed by atoms with van der Waals surface area (Å²) in [5.41, 5.74) is 2.49. The molecule has 0 unspecified atom stereocenters. The van der Waals surface area contributed by atoms with Crippen molar-refractivity contribution in [2.45, 2.75) is 64.6 Å². The van der Waals surface area contributed by atoms with E-state index in [0.29, 0.717) is 18.4 Å². The lowest BCUT2D eigenvalue weighted by molar-refractivity contribution is -0.182. The number of hydrogen-bond acceptors (Lipinski definition) is 2. The fraction of sp³-hybridized carbons (Fsp3) is 0.579. The van der Waals surface area contributed by atoms with Gasteiger partial charge in [-0.1, -0.05) is 17.7 Å². The number of benzene rings is 1. The van der Waals surface area contributed by atoms with Crippen LogP contribution in [0, 0.1) is 19.8 Å². The molecule has 6 heteroatoms. The number of halogens is 3. The van der Waals surface area contributed by atoms with Gasteiger partial charge >= 0.3 is 6.18 Å². The van der Waals surface area contributed by atoms with Crippen LogP contribution in [0.3, 0.4) is 0 Å².